The number of ether oxygens (including phenoxy) is 2. The molecule has 0 spiro atoms. The van der Waals surface area contributed by atoms with E-state index in [1.165, 1.54) is 0 Å². The van der Waals surface area contributed by atoms with Gasteiger partial charge in [-0.1, -0.05) is 23.7 Å². The second-order valence-electron chi connectivity index (χ2n) is 3.56. The zero-order valence-corrected chi connectivity index (χ0v) is 10.9. The highest BCUT2D eigenvalue weighted by Crippen LogP contribution is 2.22. The number of benzene rings is 1. The summed E-state index contributed by atoms with van der Waals surface area (Å²) >= 11 is 5.87. The summed E-state index contributed by atoms with van der Waals surface area (Å²) in [4.78, 5) is 22.5. The Bertz CT molecular complexity index is 417. The molecule has 1 rings (SSSR count). The summed E-state index contributed by atoms with van der Waals surface area (Å²) in [6.45, 7) is 1.95. The maximum absolute atomic E-state index is 11.5. The molecule has 0 unspecified atom stereocenters. The lowest BCUT2D eigenvalue weighted by Gasteiger charge is -2.06. The smallest absolute Gasteiger partial charge is 0.306 e. The number of Topliss-reactive ketones (excluding diaryl/α,β-unsaturated/α-hetero) is 1. The fourth-order valence-electron chi connectivity index (χ4n) is 1.27. The van der Waals surface area contributed by atoms with Gasteiger partial charge in [0.05, 0.1) is 18.1 Å². The summed E-state index contributed by atoms with van der Waals surface area (Å²) in [5.74, 6) is -0.0739. The van der Waals surface area contributed by atoms with E-state index in [4.69, 9.17) is 21.1 Å². The molecule has 0 heterocycles. The number of hydrogen-bond donors (Lipinski definition) is 0. The fourth-order valence-corrected chi connectivity index (χ4v) is 1.46. The Morgan fingerprint density at radius 1 is 1.22 bits per heavy atom. The van der Waals surface area contributed by atoms with E-state index in [1.54, 1.807) is 31.2 Å². The normalized spacial score (nSPS) is 9.89. The molecule has 0 aliphatic heterocycles. The van der Waals surface area contributed by atoms with Crippen LogP contribution in [-0.2, 0) is 14.3 Å². The van der Waals surface area contributed by atoms with Gasteiger partial charge in [0.15, 0.2) is 5.78 Å². The van der Waals surface area contributed by atoms with E-state index in [-0.39, 0.29) is 31.2 Å². The van der Waals surface area contributed by atoms with Crippen LogP contribution >= 0.6 is 11.6 Å². The topological polar surface area (TPSA) is 52.6 Å². The highest BCUT2D eigenvalue weighted by atomic mass is 35.5. The number of ketones is 1. The third kappa shape index (κ3) is 5.19. The summed E-state index contributed by atoms with van der Waals surface area (Å²) in [5, 5.41) is 0.454. The van der Waals surface area contributed by atoms with Crippen molar-refractivity contribution in [2.24, 2.45) is 0 Å². The van der Waals surface area contributed by atoms with Crippen LogP contribution < -0.4 is 4.74 Å². The zero-order chi connectivity index (χ0) is 13.4. The summed E-state index contributed by atoms with van der Waals surface area (Å²) in [5.41, 5.74) is 0. The lowest BCUT2D eigenvalue weighted by Crippen LogP contribution is -2.14. The molecule has 4 nitrogen and oxygen atoms in total. The van der Waals surface area contributed by atoms with Crippen LogP contribution in [-0.4, -0.2) is 25.0 Å². The molecule has 98 valence electrons. The first-order valence-electron chi connectivity index (χ1n) is 5.68. The van der Waals surface area contributed by atoms with E-state index >= 15 is 0 Å². The van der Waals surface area contributed by atoms with Crippen LogP contribution in [0.1, 0.15) is 19.8 Å². The largest absolute Gasteiger partial charge is 0.484 e. The monoisotopic (exact) mass is 270 g/mol. The molecular formula is C13H15ClO4. The van der Waals surface area contributed by atoms with Crippen molar-refractivity contribution in [3.05, 3.63) is 29.3 Å². The molecule has 1 aromatic carbocycles. The summed E-state index contributed by atoms with van der Waals surface area (Å²) < 4.78 is 9.98. The first kappa shape index (κ1) is 14.5. The van der Waals surface area contributed by atoms with Crippen LogP contribution in [0.5, 0.6) is 5.75 Å². The van der Waals surface area contributed by atoms with Gasteiger partial charge in [-0.2, -0.15) is 0 Å². The first-order chi connectivity index (χ1) is 8.63. The number of hydrogen-bond acceptors (Lipinski definition) is 4. The van der Waals surface area contributed by atoms with Gasteiger partial charge in [0.25, 0.3) is 0 Å². The molecule has 0 aliphatic carbocycles. The van der Waals surface area contributed by atoms with Gasteiger partial charge in [0.1, 0.15) is 12.4 Å². The first-order valence-corrected chi connectivity index (χ1v) is 6.06. The van der Waals surface area contributed by atoms with Crippen molar-refractivity contribution in [1.82, 2.24) is 0 Å². The molecular weight excluding hydrogens is 256 g/mol. The Morgan fingerprint density at radius 3 is 2.61 bits per heavy atom. The number of esters is 1. The van der Waals surface area contributed by atoms with Crippen molar-refractivity contribution < 1.29 is 19.1 Å². The van der Waals surface area contributed by atoms with Gasteiger partial charge in [-0.3, -0.25) is 9.59 Å². The summed E-state index contributed by atoms with van der Waals surface area (Å²) in [6, 6.07) is 6.91. The van der Waals surface area contributed by atoms with Crippen LogP contribution in [0.25, 0.3) is 0 Å². The summed E-state index contributed by atoms with van der Waals surface area (Å²) in [7, 11) is 0. The molecule has 0 saturated heterocycles. The van der Waals surface area contributed by atoms with Crippen molar-refractivity contribution in [3.63, 3.8) is 0 Å². The number of halogens is 1. The van der Waals surface area contributed by atoms with Gasteiger partial charge in [-0.25, -0.2) is 0 Å². The maximum Gasteiger partial charge on any atom is 0.306 e. The average molecular weight is 271 g/mol. The van der Waals surface area contributed by atoms with Crippen molar-refractivity contribution in [3.8, 4) is 5.75 Å². The van der Waals surface area contributed by atoms with Crippen LogP contribution in [0.4, 0.5) is 0 Å². The Kier molecular flexibility index (Phi) is 6.22. The number of rotatable bonds is 7. The lowest BCUT2D eigenvalue weighted by atomic mass is 10.2. The number of carbonyl (C=O) groups is 2. The van der Waals surface area contributed by atoms with Gasteiger partial charge >= 0.3 is 5.97 Å². The maximum atomic E-state index is 11.5. The van der Waals surface area contributed by atoms with Crippen LogP contribution in [0.15, 0.2) is 24.3 Å². The highest BCUT2D eigenvalue weighted by Gasteiger charge is 2.09. The lowest BCUT2D eigenvalue weighted by molar-refractivity contribution is -0.144. The van der Waals surface area contributed by atoms with Crippen LogP contribution in [0.3, 0.4) is 0 Å². The molecule has 5 heteroatoms. The SMILES string of the molecule is CCOC(=O)CCC(=O)COc1ccccc1Cl. The second kappa shape index (κ2) is 7.71. The third-order valence-corrected chi connectivity index (χ3v) is 2.45. The van der Waals surface area contributed by atoms with Gasteiger partial charge in [-0.05, 0) is 19.1 Å². The Balaban J connectivity index is 2.29. The second-order valence-corrected chi connectivity index (χ2v) is 3.97. The Hall–Kier alpha value is -1.55. The van der Waals surface area contributed by atoms with E-state index in [0.29, 0.717) is 17.4 Å². The Morgan fingerprint density at radius 2 is 1.94 bits per heavy atom. The quantitative estimate of drug-likeness (QED) is 0.715. The van der Waals surface area contributed by atoms with Crippen molar-refractivity contribution in [1.29, 1.82) is 0 Å². The molecule has 0 saturated carbocycles. The van der Waals surface area contributed by atoms with Gasteiger partial charge in [0.2, 0.25) is 0 Å². The third-order valence-electron chi connectivity index (χ3n) is 2.14. The predicted octanol–water partition coefficient (Wildman–Crippen LogP) is 2.63. The van der Waals surface area contributed by atoms with Crippen molar-refractivity contribution in [2.45, 2.75) is 19.8 Å². The van der Waals surface area contributed by atoms with E-state index in [2.05, 4.69) is 0 Å². The molecule has 0 aromatic heterocycles. The molecule has 0 bridgehead atoms. The average Bonchev–Trinajstić information content (AvgIpc) is 2.36. The van der Waals surface area contributed by atoms with E-state index in [9.17, 15) is 9.59 Å². The minimum absolute atomic E-state index is 0.0819. The van der Waals surface area contributed by atoms with Crippen LogP contribution in [0, 0.1) is 0 Å². The van der Waals surface area contributed by atoms with Gasteiger partial charge < -0.3 is 9.47 Å². The number of carbonyl (C=O) groups excluding carboxylic acids is 2. The molecule has 18 heavy (non-hydrogen) atoms. The van der Waals surface area contributed by atoms with Crippen molar-refractivity contribution in [2.75, 3.05) is 13.2 Å². The summed E-state index contributed by atoms with van der Waals surface area (Å²) in [6.07, 6.45) is 0.196. The fraction of sp³-hybridized carbons (Fsp3) is 0.385. The standard InChI is InChI=1S/C13H15ClO4/c1-2-17-13(16)8-7-10(15)9-18-12-6-4-3-5-11(12)14/h3-6H,2,7-9H2,1H3. The minimum Gasteiger partial charge on any atom is -0.484 e. The molecule has 0 fully saturated rings. The van der Waals surface area contributed by atoms with Crippen molar-refractivity contribution >= 4 is 23.4 Å². The van der Waals surface area contributed by atoms with E-state index < -0.39 is 0 Å². The van der Waals surface area contributed by atoms with Crippen LogP contribution in [0.2, 0.25) is 5.02 Å². The van der Waals surface area contributed by atoms with Gasteiger partial charge in [-0.15, -0.1) is 0 Å². The predicted molar refractivity (Wildman–Crippen MR) is 67.8 cm³/mol. The highest BCUT2D eigenvalue weighted by molar-refractivity contribution is 6.32. The van der Waals surface area contributed by atoms with Gasteiger partial charge in [0, 0.05) is 6.42 Å². The molecule has 0 atom stereocenters. The molecule has 0 aliphatic rings. The van der Waals surface area contributed by atoms with E-state index in [1.807, 2.05) is 0 Å². The minimum atomic E-state index is -0.372. The molecule has 0 radical (unpaired) electrons. The number of para-hydroxylation sites is 1. The Labute approximate surface area is 111 Å². The van der Waals surface area contributed by atoms with E-state index in [0.717, 1.165) is 0 Å². The molecule has 0 amide bonds. The zero-order valence-electron chi connectivity index (χ0n) is 10.1. The molecule has 0 N–H and O–H groups in total. The molecule has 1 aromatic rings.